The van der Waals surface area contributed by atoms with Crippen molar-refractivity contribution in [3.63, 3.8) is 0 Å². The van der Waals surface area contributed by atoms with E-state index in [9.17, 15) is 9.59 Å². The molecule has 2 amide bonds. The summed E-state index contributed by atoms with van der Waals surface area (Å²) in [6.45, 7) is 7.57. The Labute approximate surface area is 183 Å². The Morgan fingerprint density at radius 3 is 2.58 bits per heavy atom. The van der Waals surface area contributed by atoms with Gasteiger partial charge in [-0.05, 0) is 42.7 Å². The summed E-state index contributed by atoms with van der Waals surface area (Å²) >= 11 is 0. The second-order valence-electron chi connectivity index (χ2n) is 8.93. The summed E-state index contributed by atoms with van der Waals surface area (Å²) in [7, 11) is 0. The van der Waals surface area contributed by atoms with E-state index in [1.807, 2.05) is 17.0 Å². The lowest BCUT2D eigenvalue weighted by atomic mass is 9.72. The van der Waals surface area contributed by atoms with E-state index in [2.05, 4.69) is 40.9 Å². The lowest BCUT2D eigenvalue weighted by molar-refractivity contribution is -0.141. The van der Waals surface area contributed by atoms with Crippen molar-refractivity contribution in [3.05, 3.63) is 61.2 Å². The number of likely N-dealkylation sites (tertiary alicyclic amines) is 1. The molecule has 0 bridgehead atoms. The maximum atomic E-state index is 13.2. The third kappa shape index (κ3) is 4.68. The minimum Gasteiger partial charge on any atom is -0.352 e. The highest BCUT2D eigenvalue weighted by molar-refractivity contribution is 5.85. The lowest BCUT2D eigenvalue weighted by Crippen LogP contribution is -2.51. The molecule has 6 heteroatoms. The average Bonchev–Trinajstić information content (AvgIpc) is 3.54. The van der Waals surface area contributed by atoms with Crippen LogP contribution in [-0.4, -0.2) is 46.3 Å². The van der Waals surface area contributed by atoms with Gasteiger partial charge in [-0.2, -0.15) is 0 Å². The van der Waals surface area contributed by atoms with Gasteiger partial charge < -0.3 is 10.2 Å². The number of rotatable bonds is 7. The average molecular weight is 419 g/mol. The number of nitrogens with one attached hydrogen (secondary N) is 1. The maximum absolute atomic E-state index is 13.2. The van der Waals surface area contributed by atoms with Crippen molar-refractivity contribution in [2.24, 2.45) is 17.3 Å². The number of amides is 2. The summed E-state index contributed by atoms with van der Waals surface area (Å²) in [6.07, 6.45) is 9.78. The molecule has 0 unspecified atom stereocenters. The number of carbonyl (C=O) groups excluding carboxylic acids is 2. The highest BCUT2D eigenvalue weighted by Crippen LogP contribution is 2.42. The van der Waals surface area contributed by atoms with E-state index in [4.69, 9.17) is 0 Å². The number of hydrogen-bond donors (Lipinski definition) is 1. The second-order valence-corrected chi connectivity index (χ2v) is 8.93. The van der Waals surface area contributed by atoms with Crippen LogP contribution >= 0.6 is 0 Å². The van der Waals surface area contributed by atoms with Crippen LogP contribution in [0.25, 0.3) is 11.1 Å². The molecule has 2 aliphatic rings. The van der Waals surface area contributed by atoms with E-state index in [0.717, 1.165) is 23.1 Å². The van der Waals surface area contributed by atoms with E-state index >= 15 is 0 Å². The van der Waals surface area contributed by atoms with Gasteiger partial charge in [0, 0.05) is 43.5 Å². The van der Waals surface area contributed by atoms with Gasteiger partial charge in [0.2, 0.25) is 11.8 Å². The Kier molecular flexibility index (Phi) is 6.16. The molecule has 2 heterocycles. The van der Waals surface area contributed by atoms with Crippen LogP contribution in [0.4, 0.5) is 0 Å². The molecule has 2 fully saturated rings. The number of carbonyl (C=O) groups is 2. The van der Waals surface area contributed by atoms with Gasteiger partial charge >= 0.3 is 0 Å². The zero-order valence-electron chi connectivity index (χ0n) is 18.1. The van der Waals surface area contributed by atoms with Gasteiger partial charge in [-0.15, -0.1) is 6.58 Å². The van der Waals surface area contributed by atoms with E-state index < -0.39 is 5.41 Å². The van der Waals surface area contributed by atoms with Crippen molar-refractivity contribution in [1.82, 2.24) is 20.2 Å². The van der Waals surface area contributed by atoms with Crippen molar-refractivity contribution in [1.29, 1.82) is 0 Å². The minimum absolute atomic E-state index is 0.0488. The van der Waals surface area contributed by atoms with Crippen LogP contribution in [0.2, 0.25) is 0 Å². The van der Waals surface area contributed by atoms with Gasteiger partial charge in [0.15, 0.2) is 0 Å². The molecule has 1 saturated carbocycles. The number of nitrogens with zero attached hydrogens (tertiary/aromatic N) is 3. The van der Waals surface area contributed by atoms with Gasteiger partial charge in [0.1, 0.15) is 6.33 Å². The molecular formula is C25H30N4O2. The Hall–Kier alpha value is -3.02. The van der Waals surface area contributed by atoms with Crippen molar-refractivity contribution in [3.8, 4) is 11.1 Å². The van der Waals surface area contributed by atoms with Gasteiger partial charge in [0.05, 0.1) is 5.41 Å². The highest BCUT2D eigenvalue weighted by Gasteiger charge is 2.46. The summed E-state index contributed by atoms with van der Waals surface area (Å²) in [4.78, 5) is 36.1. The lowest BCUT2D eigenvalue weighted by Gasteiger charge is -2.41. The monoisotopic (exact) mass is 418 g/mol. The summed E-state index contributed by atoms with van der Waals surface area (Å²) in [5, 5.41) is 3.02. The number of piperidine rings is 1. The molecule has 1 aromatic carbocycles. The molecule has 6 nitrogen and oxygen atoms in total. The first-order chi connectivity index (χ1) is 15.0. The van der Waals surface area contributed by atoms with Crippen LogP contribution in [0.5, 0.6) is 0 Å². The van der Waals surface area contributed by atoms with Crippen molar-refractivity contribution in [2.45, 2.75) is 32.6 Å². The highest BCUT2D eigenvalue weighted by atomic mass is 16.2. The number of hydrogen-bond acceptors (Lipinski definition) is 4. The van der Waals surface area contributed by atoms with Crippen LogP contribution in [0.15, 0.2) is 55.6 Å². The molecule has 1 aromatic heterocycles. The standard InChI is InChI=1S/C25H30N4O2/c1-3-9-28-24(31)25(7-10-29(11-8-25)23(30)22-12-18(22)2)14-19-5-4-6-20(13-19)21-15-26-17-27-16-21/h3-6,13,15-18,22H,1,7-12,14H2,2H3,(H,28,31)/t18-,22+/m1/s1. The fourth-order valence-corrected chi connectivity index (χ4v) is 4.59. The molecule has 0 radical (unpaired) electrons. The zero-order chi connectivity index (χ0) is 21.8. The zero-order valence-corrected chi connectivity index (χ0v) is 18.1. The fourth-order valence-electron chi connectivity index (χ4n) is 4.59. The normalized spacial score (nSPS) is 21.9. The van der Waals surface area contributed by atoms with Gasteiger partial charge in [-0.25, -0.2) is 9.97 Å². The number of benzene rings is 1. The molecule has 31 heavy (non-hydrogen) atoms. The molecular weight excluding hydrogens is 388 g/mol. The summed E-state index contributed by atoms with van der Waals surface area (Å²) in [5.41, 5.74) is 2.56. The van der Waals surface area contributed by atoms with Crippen LogP contribution in [0.1, 0.15) is 31.7 Å². The molecule has 2 aromatic rings. The summed E-state index contributed by atoms with van der Waals surface area (Å²) in [6, 6.07) is 8.23. The van der Waals surface area contributed by atoms with Crippen LogP contribution in [-0.2, 0) is 16.0 Å². The first kappa shape index (κ1) is 21.2. The van der Waals surface area contributed by atoms with Crippen molar-refractivity contribution >= 4 is 11.8 Å². The molecule has 1 aliphatic carbocycles. The smallest absolute Gasteiger partial charge is 0.226 e. The van der Waals surface area contributed by atoms with E-state index in [1.54, 1.807) is 18.5 Å². The Bertz CT molecular complexity index is 951. The van der Waals surface area contributed by atoms with Crippen LogP contribution in [0.3, 0.4) is 0 Å². The Morgan fingerprint density at radius 2 is 1.94 bits per heavy atom. The van der Waals surface area contributed by atoms with Gasteiger partial charge in [-0.3, -0.25) is 9.59 Å². The van der Waals surface area contributed by atoms with Crippen molar-refractivity contribution < 1.29 is 9.59 Å². The largest absolute Gasteiger partial charge is 0.352 e. The second kappa shape index (κ2) is 9.00. The first-order valence-electron chi connectivity index (χ1n) is 11.0. The first-order valence-corrected chi connectivity index (χ1v) is 11.0. The molecule has 1 N–H and O–H groups in total. The topological polar surface area (TPSA) is 75.2 Å². The Morgan fingerprint density at radius 1 is 1.23 bits per heavy atom. The number of aromatic nitrogens is 2. The summed E-state index contributed by atoms with van der Waals surface area (Å²) < 4.78 is 0. The summed E-state index contributed by atoms with van der Waals surface area (Å²) in [5.74, 6) is 0.998. The third-order valence-electron chi connectivity index (χ3n) is 6.71. The molecule has 1 aliphatic heterocycles. The molecule has 2 atom stereocenters. The maximum Gasteiger partial charge on any atom is 0.226 e. The quantitative estimate of drug-likeness (QED) is 0.701. The van der Waals surface area contributed by atoms with Crippen LogP contribution < -0.4 is 5.32 Å². The predicted octanol–water partition coefficient (Wildman–Crippen LogP) is 3.25. The fraction of sp³-hybridized carbons (Fsp3) is 0.440. The molecule has 4 rings (SSSR count). The minimum atomic E-state index is -0.527. The molecule has 162 valence electrons. The van der Waals surface area contributed by atoms with Crippen molar-refractivity contribution in [2.75, 3.05) is 19.6 Å². The SMILES string of the molecule is C=CCNC(=O)C1(Cc2cccc(-c3cncnc3)c2)CCN(C(=O)[C@H]2C[C@H]2C)CC1. The van der Waals surface area contributed by atoms with Gasteiger partial charge in [-0.1, -0.05) is 37.3 Å². The van der Waals surface area contributed by atoms with Gasteiger partial charge in [0.25, 0.3) is 0 Å². The van der Waals surface area contributed by atoms with E-state index in [0.29, 0.717) is 44.8 Å². The molecule has 0 spiro atoms. The molecule has 1 saturated heterocycles. The van der Waals surface area contributed by atoms with E-state index in [-0.39, 0.29) is 17.7 Å². The third-order valence-corrected chi connectivity index (χ3v) is 6.71. The predicted molar refractivity (Wildman–Crippen MR) is 120 cm³/mol. The van der Waals surface area contributed by atoms with Crippen LogP contribution in [0, 0.1) is 17.3 Å². The Balaban J connectivity index is 1.53. The van der Waals surface area contributed by atoms with E-state index in [1.165, 1.54) is 6.33 Å².